The molecule has 0 N–H and O–H groups in total. The van der Waals surface area contributed by atoms with Crippen molar-refractivity contribution in [1.29, 1.82) is 5.26 Å². The molecule has 1 aromatic heterocycles. The van der Waals surface area contributed by atoms with Gasteiger partial charge in [0, 0.05) is 10.8 Å². The highest BCUT2D eigenvalue weighted by Gasteiger charge is 2.11. The Morgan fingerprint density at radius 1 is 0.833 bits per heavy atom. The Labute approximate surface area is 139 Å². The lowest BCUT2D eigenvalue weighted by Gasteiger charge is -2.13. The first kappa shape index (κ1) is 14.2. The molecule has 0 amide bonds. The molecule has 1 heterocycles. The molecule has 0 aliphatic heterocycles. The number of aromatic nitrogens is 1. The Morgan fingerprint density at radius 2 is 1.54 bits per heavy atom. The van der Waals surface area contributed by atoms with Gasteiger partial charge in [0.15, 0.2) is 0 Å². The average Bonchev–Trinajstić information content (AvgIpc) is 2.65. The number of hydrogen-bond acceptors (Lipinski definition) is 2. The van der Waals surface area contributed by atoms with Crippen molar-refractivity contribution in [3.63, 3.8) is 0 Å². The van der Waals surface area contributed by atoms with Gasteiger partial charge in [0.25, 0.3) is 5.56 Å². The first-order valence-corrected chi connectivity index (χ1v) is 7.77. The fourth-order valence-corrected chi connectivity index (χ4v) is 3.14. The summed E-state index contributed by atoms with van der Waals surface area (Å²) >= 11 is 0. The summed E-state index contributed by atoms with van der Waals surface area (Å²) in [7, 11) is 0. The molecular weight excluding hydrogens is 296 g/mol. The summed E-state index contributed by atoms with van der Waals surface area (Å²) in [4.78, 5) is 13.0. The van der Waals surface area contributed by atoms with Crippen molar-refractivity contribution in [1.82, 2.24) is 4.57 Å². The van der Waals surface area contributed by atoms with Crippen molar-refractivity contribution in [3.8, 4) is 6.07 Å². The Hall–Kier alpha value is -3.38. The summed E-state index contributed by atoms with van der Waals surface area (Å²) in [5.41, 5.74) is 2.51. The van der Waals surface area contributed by atoms with Gasteiger partial charge in [-0.05, 0) is 35.2 Å². The number of rotatable bonds is 2. The van der Waals surface area contributed by atoms with E-state index in [4.69, 9.17) is 0 Å². The van der Waals surface area contributed by atoms with Gasteiger partial charge >= 0.3 is 0 Å². The standard InChI is InChI=1S/C21H14N2O/c22-13-16-10-11-20-19(12-16)17-8-4-5-9-18(17)21(24)23(20)14-15-6-2-1-3-7-15/h1-12H,14H2. The maximum absolute atomic E-state index is 13.0. The number of nitrogens with zero attached hydrogens (tertiary/aromatic N) is 2. The van der Waals surface area contributed by atoms with Crippen LogP contribution in [0.5, 0.6) is 0 Å². The van der Waals surface area contributed by atoms with Crippen LogP contribution >= 0.6 is 0 Å². The van der Waals surface area contributed by atoms with E-state index in [0.717, 1.165) is 21.9 Å². The van der Waals surface area contributed by atoms with E-state index < -0.39 is 0 Å². The van der Waals surface area contributed by atoms with E-state index in [1.54, 1.807) is 10.6 Å². The Bertz CT molecular complexity index is 1150. The molecule has 0 aliphatic carbocycles. The van der Waals surface area contributed by atoms with E-state index in [2.05, 4.69) is 6.07 Å². The summed E-state index contributed by atoms with van der Waals surface area (Å²) in [6.07, 6.45) is 0. The number of pyridine rings is 1. The molecule has 3 nitrogen and oxygen atoms in total. The van der Waals surface area contributed by atoms with Gasteiger partial charge in [-0.25, -0.2) is 0 Å². The molecule has 0 atom stereocenters. The fraction of sp³-hybridized carbons (Fsp3) is 0.0476. The van der Waals surface area contributed by atoms with Crippen LogP contribution in [0.3, 0.4) is 0 Å². The van der Waals surface area contributed by atoms with Crippen LogP contribution in [-0.4, -0.2) is 4.57 Å². The van der Waals surface area contributed by atoms with Crippen molar-refractivity contribution >= 4 is 21.7 Å². The SMILES string of the molecule is N#Cc1ccc2c(c1)c1ccccc1c(=O)n2Cc1ccccc1. The third-order valence-corrected chi connectivity index (χ3v) is 4.29. The maximum Gasteiger partial charge on any atom is 0.259 e. The van der Waals surface area contributed by atoms with Crippen LogP contribution < -0.4 is 5.56 Å². The van der Waals surface area contributed by atoms with E-state index in [1.165, 1.54) is 0 Å². The molecule has 0 aliphatic rings. The van der Waals surface area contributed by atoms with E-state index in [0.29, 0.717) is 17.5 Å². The molecule has 3 aromatic carbocycles. The molecule has 0 unspecified atom stereocenters. The van der Waals surface area contributed by atoms with Gasteiger partial charge in [0.2, 0.25) is 0 Å². The minimum Gasteiger partial charge on any atom is -0.303 e. The van der Waals surface area contributed by atoms with Crippen molar-refractivity contribution < 1.29 is 0 Å². The van der Waals surface area contributed by atoms with Gasteiger partial charge in [-0.15, -0.1) is 0 Å². The van der Waals surface area contributed by atoms with Crippen molar-refractivity contribution in [3.05, 3.63) is 94.3 Å². The third-order valence-electron chi connectivity index (χ3n) is 4.29. The zero-order valence-electron chi connectivity index (χ0n) is 12.9. The molecular formula is C21H14N2O. The molecule has 0 spiro atoms. The number of nitriles is 1. The number of benzene rings is 3. The molecule has 3 heteroatoms. The molecule has 4 aromatic rings. The van der Waals surface area contributed by atoms with Crippen LogP contribution in [0.25, 0.3) is 21.7 Å². The predicted octanol–water partition coefficient (Wildman–Crippen LogP) is 4.07. The highest BCUT2D eigenvalue weighted by molar-refractivity contribution is 6.06. The summed E-state index contributed by atoms with van der Waals surface area (Å²) in [5.74, 6) is 0. The minimum absolute atomic E-state index is 0.00772. The highest BCUT2D eigenvalue weighted by Crippen LogP contribution is 2.24. The third kappa shape index (κ3) is 2.26. The average molecular weight is 310 g/mol. The summed E-state index contributed by atoms with van der Waals surface area (Å²) in [6, 6.07) is 25.2. The lowest BCUT2D eigenvalue weighted by Crippen LogP contribution is -2.21. The zero-order chi connectivity index (χ0) is 16.5. The lowest BCUT2D eigenvalue weighted by atomic mass is 10.0. The molecule has 0 saturated carbocycles. The van der Waals surface area contributed by atoms with E-state index >= 15 is 0 Å². The van der Waals surface area contributed by atoms with Gasteiger partial charge in [-0.1, -0.05) is 48.5 Å². The molecule has 0 bridgehead atoms. The summed E-state index contributed by atoms with van der Waals surface area (Å²) < 4.78 is 1.79. The van der Waals surface area contributed by atoms with Crippen molar-refractivity contribution in [2.75, 3.05) is 0 Å². The second-order valence-corrected chi connectivity index (χ2v) is 5.77. The summed E-state index contributed by atoms with van der Waals surface area (Å²) in [6.45, 7) is 0.507. The van der Waals surface area contributed by atoms with Crippen LogP contribution in [0.4, 0.5) is 0 Å². The van der Waals surface area contributed by atoms with E-state index in [-0.39, 0.29) is 5.56 Å². The largest absolute Gasteiger partial charge is 0.303 e. The van der Waals surface area contributed by atoms with E-state index in [9.17, 15) is 10.1 Å². The van der Waals surface area contributed by atoms with Gasteiger partial charge in [-0.2, -0.15) is 5.26 Å². The number of fused-ring (bicyclic) bond motifs is 3. The van der Waals surface area contributed by atoms with Gasteiger partial charge in [0.05, 0.1) is 23.7 Å². The second-order valence-electron chi connectivity index (χ2n) is 5.77. The highest BCUT2D eigenvalue weighted by atomic mass is 16.1. The van der Waals surface area contributed by atoms with Crippen LogP contribution in [-0.2, 0) is 6.54 Å². The predicted molar refractivity (Wildman–Crippen MR) is 96.0 cm³/mol. The normalized spacial score (nSPS) is 10.8. The topological polar surface area (TPSA) is 45.8 Å². The first-order valence-electron chi connectivity index (χ1n) is 7.77. The monoisotopic (exact) mass is 310 g/mol. The fourth-order valence-electron chi connectivity index (χ4n) is 3.14. The van der Waals surface area contributed by atoms with Crippen LogP contribution in [0.2, 0.25) is 0 Å². The molecule has 24 heavy (non-hydrogen) atoms. The molecule has 0 saturated heterocycles. The molecule has 4 rings (SSSR count). The Morgan fingerprint density at radius 3 is 2.29 bits per heavy atom. The lowest BCUT2D eigenvalue weighted by molar-refractivity contribution is 0.802. The van der Waals surface area contributed by atoms with Crippen LogP contribution in [0, 0.1) is 11.3 Å². The van der Waals surface area contributed by atoms with E-state index in [1.807, 2.05) is 66.7 Å². The van der Waals surface area contributed by atoms with Gasteiger partial charge in [-0.3, -0.25) is 4.79 Å². The van der Waals surface area contributed by atoms with Gasteiger partial charge < -0.3 is 4.57 Å². The second kappa shape index (κ2) is 5.68. The van der Waals surface area contributed by atoms with Gasteiger partial charge in [0.1, 0.15) is 0 Å². The van der Waals surface area contributed by atoms with Crippen molar-refractivity contribution in [2.45, 2.75) is 6.54 Å². The minimum atomic E-state index is -0.00772. The smallest absolute Gasteiger partial charge is 0.259 e. The Kier molecular flexibility index (Phi) is 3.36. The van der Waals surface area contributed by atoms with Crippen LogP contribution in [0.1, 0.15) is 11.1 Å². The molecule has 0 radical (unpaired) electrons. The van der Waals surface area contributed by atoms with Crippen molar-refractivity contribution in [2.24, 2.45) is 0 Å². The first-order chi connectivity index (χ1) is 11.8. The molecule has 0 fully saturated rings. The summed E-state index contributed by atoms with van der Waals surface area (Å²) in [5, 5.41) is 11.7. The number of hydrogen-bond donors (Lipinski definition) is 0. The zero-order valence-corrected chi connectivity index (χ0v) is 12.9. The Balaban J connectivity index is 2.09. The van der Waals surface area contributed by atoms with Crippen LogP contribution in [0.15, 0.2) is 77.6 Å². The molecule has 114 valence electrons. The quantitative estimate of drug-likeness (QED) is 0.524. The maximum atomic E-state index is 13.0.